The molecule has 6 heteroatoms. The zero-order valence-corrected chi connectivity index (χ0v) is 32.1. The first-order valence-corrected chi connectivity index (χ1v) is 19.3. The summed E-state index contributed by atoms with van der Waals surface area (Å²) in [7, 11) is 0. The third-order valence-electron chi connectivity index (χ3n) is 16.9. The van der Waals surface area contributed by atoms with Crippen molar-refractivity contribution in [1.29, 1.82) is 0 Å². The Labute approximate surface area is 290 Å². The Morgan fingerprint density at radius 2 is 1.38 bits per heavy atom. The van der Waals surface area contributed by atoms with Gasteiger partial charge in [0.15, 0.2) is 0 Å². The summed E-state index contributed by atoms with van der Waals surface area (Å²) in [4.78, 5) is 39.7. The van der Waals surface area contributed by atoms with Gasteiger partial charge in [0, 0.05) is 5.41 Å². The summed E-state index contributed by atoms with van der Waals surface area (Å²) in [6, 6.07) is 0. The van der Waals surface area contributed by atoms with E-state index in [4.69, 9.17) is 9.47 Å². The number of hydrogen-bond acceptors (Lipinski definition) is 5. The topological polar surface area (TPSA) is 89.9 Å². The molecule has 0 saturated heterocycles. The van der Waals surface area contributed by atoms with Gasteiger partial charge in [-0.3, -0.25) is 14.4 Å². The summed E-state index contributed by atoms with van der Waals surface area (Å²) < 4.78 is 12.2. The summed E-state index contributed by atoms with van der Waals surface area (Å²) in [5, 5.41) is 10.7. The van der Waals surface area contributed by atoms with Gasteiger partial charge in [-0.1, -0.05) is 60.6 Å². The van der Waals surface area contributed by atoms with Gasteiger partial charge in [0.1, 0.15) is 11.7 Å². The van der Waals surface area contributed by atoms with Crippen LogP contribution in [-0.4, -0.2) is 34.7 Å². The summed E-state index contributed by atoms with van der Waals surface area (Å²) in [5.41, 5.74) is -0.251. The molecule has 0 heterocycles. The first-order valence-electron chi connectivity index (χ1n) is 19.3. The van der Waals surface area contributed by atoms with Crippen LogP contribution in [0.1, 0.15) is 147 Å². The van der Waals surface area contributed by atoms with E-state index in [1.165, 1.54) is 5.57 Å². The van der Waals surface area contributed by atoms with Crippen LogP contribution < -0.4 is 0 Å². The van der Waals surface area contributed by atoms with Gasteiger partial charge in [0.05, 0.1) is 17.3 Å². The van der Waals surface area contributed by atoms with Crippen molar-refractivity contribution in [3.63, 3.8) is 0 Å². The number of ether oxygens (including phenoxy) is 2. The molecule has 6 aliphatic carbocycles. The number of hydrogen-bond donors (Lipinski definition) is 1. The molecular formula is C42H66O6. The first kappa shape index (κ1) is 36.0. The fraction of sp³-hybridized carbons (Fsp3) is 0.881. The highest BCUT2D eigenvalue weighted by molar-refractivity contribution is 5.82. The zero-order chi connectivity index (χ0) is 35.6. The zero-order valence-electron chi connectivity index (χ0n) is 32.1. The molecule has 12 atom stereocenters. The second-order valence-electron chi connectivity index (χ2n) is 20.6. The minimum atomic E-state index is -0.593. The van der Waals surface area contributed by atoms with Crippen molar-refractivity contribution in [2.45, 2.75) is 158 Å². The minimum absolute atomic E-state index is 0.0967. The number of carboxylic acids is 1. The minimum Gasteiger partial charge on any atom is -0.481 e. The van der Waals surface area contributed by atoms with Gasteiger partial charge in [-0.15, -0.1) is 0 Å². The van der Waals surface area contributed by atoms with Gasteiger partial charge >= 0.3 is 17.9 Å². The number of esters is 2. The summed E-state index contributed by atoms with van der Waals surface area (Å²) in [6.07, 6.45) is 10.3. The molecule has 270 valence electrons. The molecule has 0 spiro atoms. The van der Waals surface area contributed by atoms with E-state index in [0.29, 0.717) is 30.1 Å². The number of rotatable bonds is 5. The van der Waals surface area contributed by atoms with E-state index in [2.05, 4.69) is 48.1 Å². The molecule has 0 aromatic heterocycles. The van der Waals surface area contributed by atoms with Gasteiger partial charge < -0.3 is 14.6 Å². The highest BCUT2D eigenvalue weighted by Gasteiger charge is 2.72. The quantitative estimate of drug-likeness (QED) is 0.232. The predicted molar refractivity (Wildman–Crippen MR) is 188 cm³/mol. The Hall–Kier alpha value is -1.85. The van der Waals surface area contributed by atoms with Crippen molar-refractivity contribution < 1.29 is 29.0 Å². The van der Waals surface area contributed by atoms with E-state index in [9.17, 15) is 19.5 Å². The van der Waals surface area contributed by atoms with E-state index in [0.717, 1.165) is 64.2 Å². The van der Waals surface area contributed by atoms with Crippen LogP contribution in [0.2, 0.25) is 0 Å². The van der Waals surface area contributed by atoms with Crippen molar-refractivity contribution in [1.82, 2.24) is 0 Å². The number of carboxylic acid groups (broad SMARTS) is 1. The molecule has 6 rings (SSSR count). The molecule has 6 nitrogen and oxygen atoms in total. The lowest BCUT2D eigenvalue weighted by atomic mass is 9.32. The fourth-order valence-electron chi connectivity index (χ4n) is 14.0. The number of aliphatic carboxylic acids is 1. The normalized spacial score (nSPS) is 47.2. The number of carbonyl (C=O) groups excluding carboxylic acids is 2. The number of allylic oxidation sites excluding steroid dienone is 1. The first-order chi connectivity index (χ1) is 22.0. The lowest BCUT2D eigenvalue weighted by molar-refractivity contribution is -0.252. The van der Waals surface area contributed by atoms with Crippen LogP contribution >= 0.6 is 0 Å². The second-order valence-corrected chi connectivity index (χ2v) is 20.6. The Balaban J connectivity index is 1.20. The van der Waals surface area contributed by atoms with Crippen LogP contribution in [0.5, 0.6) is 0 Å². The van der Waals surface area contributed by atoms with E-state index in [1.807, 2.05) is 34.6 Å². The van der Waals surface area contributed by atoms with Gasteiger partial charge in [0.2, 0.25) is 0 Å². The maximum absolute atomic E-state index is 13.8. The fourth-order valence-corrected chi connectivity index (χ4v) is 14.0. The van der Waals surface area contributed by atoms with Crippen LogP contribution in [0.4, 0.5) is 0 Å². The van der Waals surface area contributed by atoms with Crippen LogP contribution in [0, 0.1) is 73.9 Å². The number of carbonyl (C=O) groups is 3. The molecule has 0 unspecified atom stereocenters. The van der Waals surface area contributed by atoms with Gasteiger partial charge in [0.25, 0.3) is 0 Å². The molecule has 48 heavy (non-hydrogen) atoms. The molecule has 1 N–H and O–H groups in total. The molecule has 0 aromatic rings. The Bertz CT molecular complexity index is 1370. The van der Waals surface area contributed by atoms with Crippen molar-refractivity contribution in [3.8, 4) is 0 Å². The molecule has 0 amide bonds. The maximum atomic E-state index is 13.8. The van der Waals surface area contributed by atoms with Gasteiger partial charge in [-0.05, 0) is 150 Å². The molecule has 6 saturated carbocycles. The highest BCUT2D eigenvalue weighted by Crippen LogP contribution is 2.77. The average molecular weight is 667 g/mol. The van der Waals surface area contributed by atoms with Crippen LogP contribution in [-0.2, 0) is 23.9 Å². The smallest absolute Gasteiger partial charge is 0.310 e. The van der Waals surface area contributed by atoms with Crippen molar-refractivity contribution >= 4 is 17.9 Å². The maximum Gasteiger partial charge on any atom is 0.310 e. The molecule has 6 fully saturated rings. The molecule has 0 aliphatic heterocycles. The van der Waals surface area contributed by atoms with Crippen LogP contribution in [0.15, 0.2) is 12.2 Å². The van der Waals surface area contributed by atoms with E-state index < -0.39 is 22.4 Å². The Morgan fingerprint density at radius 1 is 0.729 bits per heavy atom. The monoisotopic (exact) mass is 666 g/mol. The molecule has 0 radical (unpaired) electrons. The molecule has 0 aromatic carbocycles. The van der Waals surface area contributed by atoms with Crippen LogP contribution in [0.25, 0.3) is 0 Å². The van der Waals surface area contributed by atoms with Gasteiger partial charge in [-0.2, -0.15) is 0 Å². The number of fused-ring (bicyclic) bond motifs is 7. The Morgan fingerprint density at radius 3 is 1.96 bits per heavy atom. The summed E-state index contributed by atoms with van der Waals surface area (Å²) in [5.74, 6) is 0.380. The third kappa shape index (κ3) is 4.85. The standard InChI is InChI=1S/C42H66O6/c1-24(2)25-15-20-42(35(45)46)22-21-40(11)26(32(25)42)13-14-30-39(10)18-17-31(38(8,9)29(39)16-19-41(30,40)12)47-33(43)27-23-28(37(27,6)7)34(44)48-36(3,4)5/h25-32H,1,13-23H2,2-12H3,(H,45,46)/t25-,26+,27-,28+,29-,30+,31-,32+,39-,40+,41+,42-/m0/s1. The van der Waals surface area contributed by atoms with E-state index in [-0.39, 0.29) is 57.5 Å². The summed E-state index contributed by atoms with van der Waals surface area (Å²) >= 11 is 0. The lowest BCUT2D eigenvalue weighted by Crippen LogP contribution is -2.67. The van der Waals surface area contributed by atoms with Gasteiger partial charge in [-0.25, -0.2) is 0 Å². The van der Waals surface area contributed by atoms with Crippen LogP contribution in [0.3, 0.4) is 0 Å². The van der Waals surface area contributed by atoms with Crippen molar-refractivity contribution in [3.05, 3.63) is 12.2 Å². The third-order valence-corrected chi connectivity index (χ3v) is 16.9. The lowest BCUT2D eigenvalue weighted by Gasteiger charge is -2.72. The summed E-state index contributed by atoms with van der Waals surface area (Å²) in [6.45, 7) is 28.6. The largest absolute Gasteiger partial charge is 0.481 e. The molecule has 0 bridgehead atoms. The van der Waals surface area contributed by atoms with E-state index in [1.54, 1.807) is 0 Å². The van der Waals surface area contributed by atoms with Crippen molar-refractivity contribution in [2.24, 2.45) is 73.9 Å². The molecule has 6 aliphatic rings. The molecular weight excluding hydrogens is 600 g/mol. The highest BCUT2D eigenvalue weighted by atomic mass is 16.6. The predicted octanol–water partition coefficient (Wildman–Crippen LogP) is 9.64. The van der Waals surface area contributed by atoms with E-state index >= 15 is 0 Å². The Kier molecular flexibility index (Phi) is 8.30. The average Bonchev–Trinajstić information content (AvgIpc) is 3.35. The SMILES string of the molecule is C=C(C)[C@@H]1CC[C@]2(C(=O)O)CC[C@]3(C)[C@H](CC[C@@H]4[C@@]5(C)CC[C@H](OC(=O)[C@@H]6C[C@H](C(=O)OC(C)(C)C)C6(C)C)C(C)(C)[C@@H]5CC[C@]43C)[C@@H]12. The van der Waals surface area contributed by atoms with Crippen molar-refractivity contribution in [2.75, 3.05) is 0 Å². The second kappa shape index (κ2) is 11.1.